The summed E-state index contributed by atoms with van der Waals surface area (Å²) in [6.07, 6.45) is 0. The highest BCUT2D eigenvalue weighted by atomic mass is 32.1. The third-order valence-corrected chi connectivity index (χ3v) is 3.51. The Morgan fingerprint density at radius 2 is 1.96 bits per heavy atom. The van der Waals surface area contributed by atoms with Gasteiger partial charge in [-0.05, 0) is 37.3 Å². The number of ether oxygens (including phenoxy) is 1. The van der Waals surface area contributed by atoms with Gasteiger partial charge in [0.1, 0.15) is 5.75 Å². The first-order valence-corrected chi connectivity index (χ1v) is 7.33. The van der Waals surface area contributed by atoms with Crippen LogP contribution in [0.5, 0.6) is 5.75 Å². The Kier molecular flexibility index (Phi) is 5.43. The van der Waals surface area contributed by atoms with Gasteiger partial charge in [-0.3, -0.25) is 20.2 Å². The molecule has 124 valence electrons. The van der Waals surface area contributed by atoms with Gasteiger partial charge in [-0.1, -0.05) is 12.1 Å². The number of thiocarbonyl (C=S) groups is 1. The van der Waals surface area contributed by atoms with E-state index in [2.05, 4.69) is 10.6 Å². The summed E-state index contributed by atoms with van der Waals surface area (Å²) in [5.41, 5.74) is 1.01. The van der Waals surface area contributed by atoms with Crippen LogP contribution in [0.3, 0.4) is 0 Å². The van der Waals surface area contributed by atoms with E-state index in [1.807, 2.05) is 0 Å². The second kappa shape index (κ2) is 7.51. The van der Waals surface area contributed by atoms with Gasteiger partial charge < -0.3 is 10.1 Å². The van der Waals surface area contributed by atoms with Crippen molar-refractivity contribution in [3.63, 3.8) is 0 Å². The normalized spacial score (nSPS) is 9.92. The van der Waals surface area contributed by atoms with Crippen LogP contribution >= 0.6 is 12.2 Å². The van der Waals surface area contributed by atoms with E-state index >= 15 is 0 Å². The zero-order valence-corrected chi connectivity index (χ0v) is 13.8. The van der Waals surface area contributed by atoms with Crippen molar-refractivity contribution >= 4 is 34.6 Å². The molecule has 2 N–H and O–H groups in total. The first-order chi connectivity index (χ1) is 11.4. The standard InChI is InChI=1S/C16H15N3O4S/c1-10-13(7-4-8-14(10)19(21)22)15(20)18-16(24)17-11-5-3-6-12(9-11)23-2/h3-9H,1-2H3,(H2,17,18,20,24). The molecule has 0 heterocycles. The number of methoxy groups -OCH3 is 1. The number of nitro groups is 1. The van der Waals surface area contributed by atoms with Crippen molar-refractivity contribution in [2.24, 2.45) is 0 Å². The maximum absolute atomic E-state index is 12.3. The van der Waals surface area contributed by atoms with Crippen LogP contribution in [0.1, 0.15) is 15.9 Å². The molecule has 2 aromatic carbocycles. The van der Waals surface area contributed by atoms with E-state index in [4.69, 9.17) is 17.0 Å². The molecule has 24 heavy (non-hydrogen) atoms. The number of nitro benzene ring substituents is 1. The lowest BCUT2D eigenvalue weighted by Gasteiger charge is -2.11. The van der Waals surface area contributed by atoms with E-state index in [1.54, 1.807) is 31.4 Å². The maximum Gasteiger partial charge on any atom is 0.273 e. The van der Waals surface area contributed by atoms with Gasteiger partial charge in [-0.2, -0.15) is 0 Å². The van der Waals surface area contributed by atoms with Crippen molar-refractivity contribution in [3.05, 3.63) is 63.7 Å². The second-order valence-corrected chi connectivity index (χ2v) is 5.26. The van der Waals surface area contributed by atoms with Gasteiger partial charge in [-0.15, -0.1) is 0 Å². The topological polar surface area (TPSA) is 93.5 Å². The number of anilines is 1. The zero-order valence-electron chi connectivity index (χ0n) is 13.0. The van der Waals surface area contributed by atoms with Crippen LogP contribution in [0.15, 0.2) is 42.5 Å². The van der Waals surface area contributed by atoms with Crippen LogP contribution in [0.25, 0.3) is 0 Å². The van der Waals surface area contributed by atoms with E-state index in [9.17, 15) is 14.9 Å². The van der Waals surface area contributed by atoms with Crippen LogP contribution in [0.4, 0.5) is 11.4 Å². The third kappa shape index (κ3) is 4.05. The predicted molar refractivity (Wildman–Crippen MR) is 94.5 cm³/mol. The molecule has 0 atom stereocenters. The number of benzene rings is 2. The molecular formula is C16H15N3O4S. The van der Waals surface area contributed by atoms with Crippen LogP contribution < -0.4 is 15.4 Å². The summed E-state index contributed by atoms with van der Waals surface area (Å²) in [6.45, 7) is 1.52. The van der Waals surface area contributed by atoms with E-state index in [1.165, 1.54) is 25.1 Å². The molecule has 0 aromatic heterocycles. The Hall–Kier alpha value is -3.00. The molecular weight excluding hydrogens is 330 g/mol. The fourth-order valence-corrected chi connectivity index (χ4v) is 2.31. The SMILES string of the molecule is COc1cccc(NC(=S)NC(=O)c2cccc([N+](=O)[O-])c2C)c1. The first kappa shape index (κ1) is 17.4. The zero-order chi connectivity index (χ0) is 17.7. The third-order valence-electron chi connectivity index (χ3n) is 3.30. The number of carbonyl (C=O) groups excluding carboxylic acids is 1. The molecule has 1 amide bonds. The van der Waals surface area contributed by atoms with Gasteiger partial charge in [0.2, 0.25) is 0 Å². The van der Waals surface area contributed by atoms with Crippen molar-refractivity contribution in [2.75, 3.05) is 12.4 Å². The van der Waals surface area contributed by atoms with Crippen molar-refractivity contribution in [1.29, 1.82) is 0 Å². The highest BCUT2D eigenvalue weighted by Gasteiger charge is 2.18. The summed E-state index contributed by atoms with van der Waals surface area (Å²) in [4.78, 5) is 22.7. The molecule has 0 radical (unpaired) electrons. The minimum atomic E-state index is -0.529. The number of nitrogens with one attached hydrogen (secondary N) is 2. The molecule has 2 rings (SSSR count). The fourth-order valence-electron chi connectivity index (χ4n) is 2.10. The summed E-state index contributed by atoms with van der Waals surface area (Å²) in [5.74, 6) is 0.125. The lowest BCUT2D eigenvalue weighted by atomic mass is 10.1. The molecule has 0 saturated carbocycles. The largest absolute Gasteiger partial charge is 0.497 e. The molecule has 7 nitrogen and oxygen atoms in total. The molecule has 0 aliphatic heterocycles. The van der Waals surface area contributed by atoms with E-state index in [0.717, 1.165) is 0 Å². The van der Waals surface area contributed by atoms with Gasteiger partial charge in [0.25, 0.3) is 11.6 Å². The predicted octanol–water partition coefficient (Wildman–Crippen LogP) is 3.04. The highest BCUT2D eigenvalue weighted by Crippen LogP contribution is 2.21. The van der Waals surface area contributed by atoms with Crippen LogP contribution in [0, 0.1) is 17.0 Å². The maximum atomic E-state index is 12.3. The molecule has 0 spiro atoms. The minimum Gasteiger partial charge on any atom is -0.497 e. The average Bonchev–Trinajstić information content (AvgIpc) is 2.54. The van der Waals surface area contributed by atoms with Crippen molar-refractivity contribution < 1.29 is 14.5 Å². The monoisotopic (exact) mass is 345 g/mol. The van der Waals surface area contributed by atoms with Gasteiger partial charge in [0, 0.05) is 28.9 Å². The summed E-state index contributed by atoms with van der Waals surface area (Å²) >= 11 is 5.10. The number of nitrogens with zero attached hydrogens (tertiary/aromatic N) is 1. The number of amides is 1. The summed E-state index contributed by atoms with van der Waals surface area (Å²) in [6, 6.07) is 11.3. The molecule has 0 fully saturated rings. The molecule has 0 aliphatic rings. The lowest BCUT2D eigenvalue weighted by Crippen LogP contribution is -2.34. The quantitative estimate of drug-likeness (QED) is 0.502. The number of hydrogen-bond acceptors (Lipinski definition) is 5. The number of hydrogen-bond donors (Lipinski definition) is 2. The number of rotatable bonds is 4. The second-order valence-electron chi connectivity index (χ2n) is 4.85. The van der Waals surface area contributed by atoms with Crippen LogP contribution in [-0.2, 0) is 0 Å². The van der Waals surface area contributed by atoms with E-state index in [0.29, 0.717) is 11.4 Å². The summed E-state index contributed by atoms with van der Waals surface area (Å²) in [7, 11) is 1.55. The first-order valence-electron chi connectivity index (χ1n) is 6.92. The van der Waals surface area contributed by atoms with E-state index < -0.39 is 10.8 Å². The Balaban J connectivity index is 2.10. The Morgan fingerprint density at radius 1 is 1.25 bits per heavy atom. The summed E-state index contributed by atoms with van der Waals surface area (Å²) < 4.78 is 5.10. The van der Waals surface area contributed by atoms with Crippen LogP contribution in [0.2, 0.25) is 0 Å². The molecule has 0 unspecified atom stereocenters. The van der Waals surface area contributed by atoms with Crippen molar-refractivity contribution in [2.45, 2.75) is 6.92 Å². The molecule has 0 saturated heterocycles. The molecule has 8 heteroatoms. The van der Waals surface area contributed by atoms with Gasteiger partial charge in [0.05, 0.1) is 12.0 Å². The van der Waals surface area contributed by atoms with Gasteiger partial charge in [-0.25, -0.2) is 0 Å². The Labute approximate surface area is 143 Å². The Bertz CT molecular complexity index is 808. The Morgan fingerprint density at radius 3 is 2.62 bits per heavy atom. The van der Waals surface area contributed by atoms with Crippen molar-refractivity contribution in [1.82, 2.24) is 5.32 Å². The molecule has 2 aromatic rings. The fraction of sp³-hybridized carbons (Fsp3) is 0.125. The minimum absolute atomic E-state index is 0.0826. The number of carbonyl (C=O) groups is 1. The van der Waals surface area contributed by atoms with Crippen LogP contribution in [-0.4, -0.2) is 23.1 Å². The summed E-state index contributed by atoms with van der Waals surface area (Å²) in [5, 5.41) is 16.4. The van der Waals surface area contributed by atoms with E-state index in [-0.39, 0.29) is 21.9 Å². The average molecular weight is 345 g/mol. The molecule has 0 aliphatic carbocycles. The highest BCUT2D eigenvalue weighted by molar-refractivity contribution is 7.80. The van der Waals surface area contributed by atoms with Crippen molar-refractivity contribution in [3.8, 4) is 5.75 Å². The smallest absolute Gasteiger partial charge is 0.273 e. The molecule has 0 bridgehead atoms. The van der Waals surface area contributed by atoms with Gasteiger partial charge in [0.15, 0.2) is 5.11 Å². The lowest BCUT2D eigenvalue weighted by molar-refractivity contribution is -0.385. The van der Waals surface area contributed by atoms with Gasteiger partial charge >= 0.3 is 0 Å².